The Hall–Kier alpha value is -1.93. The van der Waals surface area contributed by atoms with Crippen LogP contribution in [-0.4, -0.2) is 60.8 Å². The number of urea groups is 1. The molecule has 0 saturated carbocycles. The number of aryl methyl sites for hydroxylation is 1. The Bertz CT molecular complexity index is 540. The van der Waals surface area contributed by atoms with Crippen LogP contribution in [0.15, 0.2) is 10.9 Å². The summed E-state index contributed by atoms with van der Waals surface area (Å²) >= 11 is 0. The summed E-state index contributed by atoms with van der Waals surface area (Å²) in [4.78, 5) is 29.5. The predicted molar refractivity (Wildman–Crippen MR) is 86.7 cm³/mol. The standard InChI is InChI=1S/C14H26N6O2/c1-11-10-12(21)18-13(17-11)19-14(22)16-7-5-9-20(2,3)8-4-6-15/h10H,4-9,15H2,1-3H3,(H2-,16,17,18,19,21,22)/p+1. The molecule has 1 aromatic heterocycles. The zero-order valence-corrected chi connectivity index (χ0v) is 13.6. The second kappa shape index (κ2) is 8.50. The van der Waals surface area contributed by atoms with Crippen LogP contribution in [0, 0.1) is 6.92 Å². The number of amides is 2. The molecule has 1 rings (SSSR count). The first-order chi connectivity index (χ1) is 10.3. The Kier molecular flexibility index (Phi) is 7.00. The van der Waals surface area contributed by atoms with E-state index in [1.54, 1.807) is 6.92 Å². The highest BCUT2D eigenvalue weighted by atomic mass is 16.2. The van der Waals surface area contributed by atoms with E-state index in [9.17, 15) is 9.59 Å². The molecule has 0 atom stereocenters. The van der Waals surface area contributed by atoms with Gasteiger partial charge in [0.05, 0.1) is 27.2 Å². The van der Waals surface area contributed by atoms with E-state index in [2.05, 4.69) is 34.7 Å². The van der Waals surface area contributed by atoms with Gasteiger partial charge >= 0.3 is 6.03 Å². The van der Waals surface area contributed by atoms with Crippen molar-refractivity contribution in [2.75, 3.05) is 45.6 Å². The fraction of sp³-hybridized carbons (Fsp3) is 0.643. The molecule has 0 aliphatic carbocycles. The van der Waals surface area contributed by atoms with Crippen molar-refractivity contribution in [1.29, 1.82) is 0 Å². The Balaban J connectivity index is 2.30. The first kappa shape index (κ1) is 18.1. The molecule has 5 N–H and O–H groups in total. The summed E-state index contributed by atoms with van der Waals surface area (Å²) in [6.45, 7) is 4.97. The Labute approximate surface area is 130 Å². The summed E-state index contributed by atoms with van der Waals surface area (Å²) in [7, 11) is 4.30. The highest BCUT2D eigenvalue weighted by Crippen LogP contribution is 2.00. The van der Waals surface area contributed by atoms with Crippen molar-refractivity contribution in [3.8, 4) is 0 Å². The van der Waals surface area contributed by atoms with Gasteiger partial charge in [0.15, 0.2) is 0 Å². The molecule has 1 aromatic rings. The molecule has 0 aliphatic heterocycles. The SMILES string of the molecule is Cc1cc(=O)nc(NC(=O)NCCC[N+](C)(C)CCCN)[nH]1. The number of rotatable bonds is 8. The highest BCUT2D eigenvalue weighted by Gasteiger charge is 2.13. The van der Waals surface area contributed by atoms with Gasteiger partial charge in [-0.25, -0.2) is 4.79 Å². The van der Waals surface area contributed by atoms with E-state index in [1.165, 1.54) is 6.07 Å². The van der Waals surface area contributed by atoms with Gasteiger partial charge in [-0.2, -0.15) is 4.98 Å². The molecule has 0 radical (unpaired) electrons. The van der Waals surface area contributed by atoms with Crippen LogP contribution >= 0.6 is 0 Å². The molecule has 1 heterocycles. The maximum Gasteiger partial charge on any atom is 0.321 e. The monoisotopic (exact) mass is 311 g/mol. The van der Waals surface area contributed by atoms with Crippen molar-refractivity contribution in [3.63, 3.8) is 0 Å². The van der Waals surface area contributed by atoms with E-state index in [0.29, 0.717) is 18.8 Å². The Morgan fingerprint density at radius 3 is 2.68 bits per heavy atom. The van der Waals surface area contributed by atoms with Crippen LogP contribution < -0.4 is 21.9 Å². The number of nitrogens with one attached hydrogen (secondary N) is 3. The number of H-pyrrole nitrogens is 1. The summed E-state index contributed by atoms with van der Waals surface area (Å²) in [5.74, 6) is 0.154. The topological polar surface area (TPSA) is 113 Å². The summed E-state index contributed by atoms with van der Waals surface area (Å²) in [5.41, 5.74) is 5.78. The molecule has 0 aliphatic rings. The van der Waals surface area contributed by atoms with Crippen molar-refractivity contribution in [3.05, 3.63) is 22.1 Å². The minimum atomic E-state index is -0.384. The zero-order chi connectivity index (χ0) is 16.6. The summed E-state index contributed by atoms with van der Waals surface area (Å²) in [5, 5.41) is 5.27. The fourth-order valence-corrected chi connectivity index (χ4v) is 2.13. The Morgan fingerprint density at radius 2 is 2.05 bits per heavy atom. The number of nitrogens with zero attached hydrogens (tertiary/aromatic N) is 2. The highest BCUT2D eigenvalue weighted by molar-refractivity contribution is 5.87. The lowest BCUT2D eigenvalue weighted by atomic mass is 10.3. The predicted octanol–water partition coefficient (Wildman–Crippen LogP) is 0.0151. The molecule has 0 bridgehead atoms. The molecule has 0 unspecified atom stereocenters. The molecule has 0 spiro atoms. The normalized spacial score (nSPS) is 11.3. The minimum Gasteiger partial charge on any atom is -0.338 e. The maximum absolute atomic E-state index is 11.7. The van der Waals surface area contributed by atoms with Crippen molar-refractivity contribution in [2.24, 2.45) is 5.73 Å². The maximum atomic E-state index is 11.7. The summed E-state index contributed by atoms with van der Waals surface area (Å²) in [6.07, 6.45) is 1.86. The van der Waals surface area contributed by atoms with Crippen molar-refractivity contribution < 1.29 is 9.28 Å². The average molecular weight is 311 g/mol. The first-order valence-corrected chi connectivity index (χ1v) is 7.47. The fourth-order valence-electron chi connectivity index (χ4n) is 2.13. The molecule has 0 aromatic carbocycles. The lowest BCUT2D eigenvalue weighted by Gasteiger charge is -2.29. The number of hydrogen-bond acceptors (Lipinski definition) is 4. The second-order valence-corrected chi connectivity index (χ2v) is 6.01. The molecule has 2 amide bonds. The van der Waals surface area contributed by atoms with Gasteiger partial charge in [-0.3, -0.25) is 10.1 Å². The largest absolute Gasteiger partial charge is 0.338 e. The average Bonchev–Trinajstić information content (AvgIpc) is 2.40. The first-order valence-electron chi connectivity index (χ1n) is 7.47. The third-order valence-electron chi connectivity index (χ3n) is 3.30. The third-order valence-corrected chi connectivity index (χ3v) is 3.30. The Morgan fingerprint density at radius 1 is 1.36 bits per heavy atom. The van der Waals surface area contributed by atoms with Crippen LogP contribution in [0.2, 0.25) is 0 Å². The van der Waals surface area contributed by atoms with Gasteiger partial charge in [0.1, 0.15) is 0 Å². The number of anilines is 1. The van der Waals surface area contributed by atoms with Gasteiger partial charge < -0.3 is 20.5 Å². The van der Waals surface area contributed by atoms with Crippen molar-refractivity contribution >= 4 is 12.0 Å². The molecule has 8 nitrogen and oxygen atoms in total. The van der Waals surface area contributed by atoms with Crippen LogP contribution in [0.1, 0.15) is 18.5 Å². The number of quaternary nitrogens is 1. The number of nitrogens with two attached hydrogens (primary N) is 1. The number of aromatic nitrogens is 2. The third kappa shape index (κ3) is 7.19. The van der Waals surface area contributed by atoms with E-state index >= 15 is 0 Å². The molecule has 8 heteroatoms. The summed E-state index contributed by atoms with van der Waals surface area (Å²) in [6, 6.07) is 0.991. The van der Waals surface area contributed by atoms with E-state index in [1.807, 2.05) is 0 Å². The van der Waals surface area contributed by atoms with E-state index in [-0.39, 0.29) is 17.5 Å². The number of carbonyl (C=O) groups excluding carboxylic acids is 1. The van der Waals surface area contributed by atoms with E-state index in [0.717, 1.165) is 30.4 Å². The van der Waals surface area contributed by atoms with Gasteiger partial charge in [0, 0.05) is 31.1 Å². The van der Waals surface area contributed by atoms with Crippen LogP contribution in [0.3, 0.4) is 0 Å². The van der Waals surface area contributed by atoms with E-state index < -0.39 is 0 Å². The zero-order valence-electron chi connectivity index (χ0n) is 13.6. The molecule has 22 heavy (non-hydrogen) atoms. The minimum absolute atomic E-state index is 0.154. The van der Waals surface area contributed by atoms with Gasteiger partial charge in [0.25, 0.3) is 5.56 Å². The molecule has 0 fully saturated rings. The van der Waals surface area contributed by atoms with Crippen molar-refractivity contribution in [1.82, 2.24) is 15.3 Å². The summed E-state index contributed by atoms with van der Waals surface area (Å²) < 4.78 is 0.882. The van der Waals surface area contributed by atoms with Crippen LogP contribution in [0.5, 0.6) is 0 Å². The van der Waals surface area contributed by atoms with Gasteiger partial charge in [-0.1, -0.05) is 0 Å². The van der Waals surface area contributed by atoms with Gasteiger partial charge in [-0.15, -0.1) is 0 Å². The van der Waals surface area contributed by atoms with E-state index in [4.69, 9.17) is 5.73 Å². The lowest BCUT2D eigenvalue weighted by molar-refractivity contribution is -0.890. The van der Waals surface area contributed by atoms with Crippen molar-refractivity contribution in [2.45, 2.75) is 19.8 Å². The smallest absolute Gasteiger partial charge is 0.321 e. The van der Waals surface area contributed by atoms with Gasteiger partial charge in [0.2, 0.25) is 5.95 Å². The van der Waals surface area contributed by atoms with Crippen LogP contribution in [-0.2, 0) is 0 Å². The van der Waals surface area contributed by atoms with Crippen LogP contribution in [0.25, 0.3) is 0 Å². The number of hydrogen-bond donors (Lipinski definition) is 4. The second-order valence-electron chi connectivity index (χ2n) is 6.01. The number of aromatic amines is 1. The quantitative estimate of drug-likeness (QED) is 0.400. The lowest BCUT2D eigenvalue weighted by Crippen LogP contribution is -2.43. The molecule has 124 valence electrons. The van der Waals surface area contributed by atoms with Crippen LogP contribution in [0.4, 0.5) is 10.7 Å². The van der Waals surface area contributed by atoms with Gasteiger partial charge in [-0.05, 0) is 13.5 Å². The molecular weight excluding hydrogens is 284 g/mol. The molecule has 0 saturated heterocycles. The molecular formula is C14H27N6O2+. The number of carbonyl (C=O) groups is 1.